The van der Waals surface area contributed by atoms with E-state index in [0.29, 0.717) is 5.56 Å². The summed E-state index contributed by atoms with van der Waals surface area (Å²) in [5, 5.41) is 4.66. The number of carbonyl (C=O) groups is 5. The van der Waals surface area contributed by atoms with Crippen molar-refractivity contribution in [2.45, 2.75) is 20.8 Å². The zero-order valence-electron chi connectivity index (χ0n) is 17.3. The molecule has 0 aliphatic rings. The Kier molecular flexibility index (Phi) is 8.07. The second-order valence-corrected chi connectivity index (χ2v) is 6.27. The van der Waals surface area contributed by atoms with Gasteiger partial charge in [-0.15, -0.1) is 0 Å². The van der Waals surface area contributed by atoms with Crippen LogP contribution in [0, 0.1) is 6.92 Å². The van der Waals surface area contributed by atoms with Gasteiger partial charge in [0, 0.05) is 5.56 Å². The Morgan fingerprint density at radius 2 is 1.68 bits per heavy atom. The lowest BCUT2D eigenvalue weighted by atomic mass is 10.1. The van der Waals surface area contributed by atoms with Crippen molar-refractivity contribution in [3.05, 3.63) is 52.8 Å². The van der Waals surface area contributed by atoms with Crippen molar-refractivity contribution in [2.24, 2.45) is 0 Å². The summed E-state index contributed by atoms with van der Waals surface area (Å²) in [6, 6.07) is 8.26. The molecule has 1 aromatic carbocycles. The van der Waals surface area contributed by atoms with Gasteiger partial charge in [0.05, 0.1) is 12.2 Å². The molecule has 10 nitrogen and oxygen atoms in total. The second-order valence-electron chi connectivity index (χ2n) is 6.27. The smallest absolute Gasteiger partial charge is 0.344 e. The predicted molar refractivity (Wildman–Crippen MR) is 108 cm³/mol. The van der Waals surface area contributed by atoms with Crippen LogP contribution in [-0.2, 0) is 19.1 Å². The van der Waals surface area contributed by atoms with E-state index in [1.807, 2.05) is 0 Å². The molecule has 0 fully saturated rings. The van der Waals surface area contributed by atoms with Crippen LogP contribution < -0.4 is 10.6 Å². The maximum atomic E-state index is 12.2. The molecule has 2 amide bonds. The largest absolute Gasteiger partial charge is 0.462 e. The first-order valence-corrected chi connectivity index (χ1v) is 9.34. The minimum Gasteiger partial charge on any atom is -0.462 e. The van der Waals surface area contributed by atoms with Crippen LogP contribution >= 0.6 is 0 Å². The van der Waals surface area contributed by atoms with Gasteiger partial charge in [-0.3, -0.25) is 24.5 Å². The van der Waals surface area contributed by atoms with Crippen LogP contribution in [0.2, 0.25) is 0 Å². The molecule has 0 saturated heterocycles. The second kappa shape index (κ2) is 10.7. The molecule has 0 saturated carbocycles. The topological polar surface area (TPSA) is 141 Å². The highest BCUT2D eigenvalue weighted by Gasteiger charge is 2.28. The number of rotatable bonds is 9. The number of hydrogen-bond donors (Lipinski definition) is 2. The van der Waals surface area contributed by atoms with Gasteiger partial charge in [-0.05, 0) is 32.9 Å². The Balaban J connectivity index is 1.94. The van der Waals surface area contributed by atoms with E-state index in [2.05, 4.69) is 10.6 Å². The van der Waals surface area contributed by atoms with Gasteiger partial charge in [-0.1, -0.05) is 18.2 Å². The zero-order chi connectivity index (χ0) is 23.0. The van der Waals surface area contributed by atoms with Crippen molar-refractivity contribution in [1.82, 2.24) is 5.32 Å². The van der Waals surface area contributed by atoms with Gasteiger partial charge >= 0.3 is 11.9 Å². The summed E-state index contributed by atoms with van der Waals surface area (Å²) in [6.07, 6.45) is 0. The lowest BCUT2D eigenvalue weighted by Crippen LogP contribution is -2.32. The van der Waals surface area contributed by atoms with E-state index in [4.69, 9.17) is 13.9 Å². The number of aryl methyl sites for hydroxylation is 1. The van der Waals surface area contributed by atoms with Crippen LogP contribution in [0.5, 0.6) is 0 Å². The van der Waals surface area contributed by atoms with Crippen molar-refractivity contribution in [3.63, 3.8) is 0 Å². The molecular formula is C21H22N2O8. The Morgan fingerprint density at radius 3 is 2.29 bits per heavy atom. The van der Waals surface area contributed by atoms with E-state index in [9.17, 15) is 24.0 Å². The van der Waals surface area contributed by atoms with Crippen LogP contribution in [0.4, 0.5) is 5.88 Å². The molecular weight excluding hydrogens is 408 g/mol. The summed E-state index contributed by atoms with van der Waals surface area (Å²) >= 11 is 0. The molecule has 2 N–H and O–H groups in total. The highest BCUT2D eigenvalue weighted by molar-refractivity contribution is 6.10. The van der Waals surface area contributed by atoms with E-state index >= 15 is 0 Å². The summed E-state index contributed by atoms with van der Waals surface area (Å²) < 4.78 is 15.0. The van der Waals surface area contributed by atoms with Crippen LogP contribution in [0.15, 0.2) is 34.7 Å². The van der Waals surface area contributed by atoms with Crippen molar-refractivity contribution in [2.75, 3.05) is 25.1 Å². The van der Waals surface area contributed by atoms with Gasteiger partial charge in [0.1, 0.15) is 17.9 Å². The molecule has 2 rings (SSSR count). The third-order valence-corrected chi connectivity index (χ3v) is 3.96. The fourth-order valence-electron chi connectivity index (χ4n) is 2.66. The molecule has 0 aliphatic heterocycles. The molecule has 0 bridgehead atoms. The fourth-order valence-corrected chi connectivity index (χ4v) is 2.66. The molecule has 31 heavy (non-hydrogen) atoms. The third kappa shape index (κ3) is 6.26. The Bertz CT molecular complexity index is 994. The molecule has 164 valence electrons. The van der Waals surface area contributed by atoms with Crippen LogP contribution in [-0.4, -0.2) is 49.3 Å². The highest BCUT2D eigenvalue weighted by Crippen LogP contribution is 2.28. The number of Topliss-reactive ketones (excluding diaryl/α,β-unsaturated/α-hetero) is 1. The quantitative estimate of drug-likeness (QED) is 0.454. The van der Waals surface area contributed by atoms with Gasteiger partial charge in [0.2, 0.25) is 5.88 Å². The maximum absolute atomic E-state index is 12.2. The number of carbonyl (C=O) groups excluding carboxylic acids is 5. The average Bonchev–Trinajstić information content (AvgIpc) is 3.07. The minimum absolute atomic E-state index is 0.00521. The Labute approximate surface area is 177 Å². The summed E-state index contributed by atoms with van der Waals surface area (Å²) in [7, 11) is 0. The van der Waals surface area contributed by atoms with Gasteiger partial charge in [-0.2, -0.15) is 0 Å². The van der Waals surface area contributed by atoms with E-state index in [1.54, 1.807) is 37.3 Å². The van der Waals surface area contributed by atoms with E-state index in [-0.39, 0.29) is 29.4 Å². The number of anilines is 1. The monoisotopic (exact) mass is 430 g/mol. The molecule has 2 aromatic rings. The Hall–Kier alpha value is -3.95. The molecule has 10 heteroatoms. The number of ketones is 1. The molecule has 0 aliphatic carbocycles. The maximum Gasteiger partial charge on any atom is 0.344 e. The SMILES string of the molecule is CCOC(=O)c1c(NC(=O)COC(=O)CNC(=O)c2ccccc2)oc(C)c1C(C)=O. The van der Waals surface area contributed by atoms with E-state index < -0.39 is 42.7 Å². The van der Waals surface area contributed by atoms with Crippen LogP contribution in [0.1, 0.15) is 50.7 Å². The van der Waals surface area contributed by atoms with Gasteiger partial charge < -0.3 is 19.2 Å². The summed E-state index contributed by atoms with van der Waals surface area (Å²) in [5.41, 5.74) is 0.157. The lowest BCUT2D eigenvalue weighted by Gasteiger charge is -2.08. The fraction of sp³-hybridized carbons (Fsp3) is 0.286. The number of benzene rings is 1. The molecule has 0 spiro atoms. The number of furan rings is 1. The highest BCUT2D eigenvalue weighted by atomic mass is 16.5. The summed E-state index contributed by atoms with van der Waals surface area (Å²) in [4.78, 5) is 59.9. The number of amides is 2. The molecule has 0 atom stereocenters. The van der Waals surface area contributed by atoms with E-state index in [1.165, 1.54) is 13.8 Å². The third-order valence-electron chi connectivity index (χ3n) is 3.96. The van der Waals surface area contributed by atoms with E-state index in [0.717, 1.165) is 0 Å². The zero-order valence-corrected chi connectivity index (χ0v) is 17.3. The normalized spacial score (nSPS) is 10.2. The molecule has 1 aromatic heterocycles. The van der Waals surface area contributed by atoms with Crippen molar-refractivity contribution >= 4 is 35.4 Å². The van der Waals surface area contributed by atoms with Crippen molar-refractivity contribution < 1.29 is 37.9 Å². The van der Waals surface area contributed by atoms with Gasteiger partial charge in [-0.25, -0.2) is 4.79 Å². The van der Waals surface area contributed by atoms with Crippen molar-refractivity contribution in [1.29, 1.82) is 0 Å². The van der Waals surface area contributed by atoms with Gasteiger partial charge in [0.15, 0.2) is 12.4 Å². The molecule has 0 unspecified atom stereocenters. The number of esters is 2. The molecule has 1 heterocycles. The standard InChI is InChI=1S/C21H22N2O8/c1-4-29-21(28)18-17(12(2)24)13(3)31-20(18)23-15(25)11-30-16(26)10-22-19(27)14-8-6-5-7-9-14/h5-9H,4,10-11H2,1-3H3,(H,22,27)(H,23,25). The van der Waals surface area contributed by atoms with Crippen LogP contribution in [0.25, 0.3) is 0 Å². The number of nitrogens with one attached hydrogen (secondary N) is 2. The predicted octanol–water partition coefficient (Wildman–Crippen LogP) is 1.88. The first kappa shape index (κ1) is 23.3. The summed E-state index contributed by atoms with van der Waals surface area (Å²) in [5.74, 6) is -3.54. The Morgan fingerprint density at radius 1 is 1.00 bits per heavy atom. The average molecular weight is 430 g/mol. The van der Waals surface area contributed by atoms with Crippen molar-refractivity contribution in [3.8, 4) is 0 Å². The van der Waals surface area contributed by atoms with Gasteiger partial charge in [0.25, 0.3) is 11.8 Å². The van der Waals surface area contributed by atoms with Crippen LogP contribution in [0.3, 0.4) is 0 Å². The number of ether oxygens (including phenoxy) is 2. The first-order chi connectivity index (χ1) is 14.7. The number of hydrogen-bond acceptors (Lipinski definition) is 8. The first-order valence-electron chi connectivity index (χ1n) is 9.34. The summed E-state index contributed by atoms with van der Waals surface area (Å²) in [6.45, 7) is 3.22. The molecule has 0 radical (unpaired) electrons. The minimum atomic E-state index is -0.843. The lowest BCUT2D eigenvalue weighted by molar-refractivity contribution is -0.146.